The van der Waals surface area contributed by atoms with Gasteiger partial charge in [-0.2, -0.15) is 0 Å². The summed E-state index contributed by atoms with van der Waals surface area (Å²) < 4.78 is 6.92. The van der Waals surface area contributed by atoms with Crippen molar-refractivity contribution in [2.75, 3.05) is 0 Å². The fraction of sp³-hybridized carbons (Fsp3) is 0. The van der Waals surface area contributed by atoms with Crippen LogP contribution in [0.4, 0.5) is 0 Å². The summed E-state index contributed by atoms with van der Waals surface area (Å²) in [6, 6.07) is 62.6. The summed E-state index contributed by atoms with van der Waals surface area (Å²) >= 11 is 0. The number of benzene rings is 11. The molecule has 0 aliphatic rings. The predicted octanol–water partition coefficient (Wildman–Crippen LogP) is 14.4. The minimum Gasteiger partial charge on any atom is -0.455 e. The van der Waals surface area contributed by atoms with Crippen molar-refractivity contribution in [3.05, 3.63) is 170 Å². The lowest BCUT2D eigenvalue weighted by atomic mass is 9.87. The molecular weight excluding hydrogens is 617 g/mol. The van der Waals surface area contributed by atoms with E-state index in [4.69, 9.17) is 4.42 Å². The highest BCUT2D eigenvalue weighted by Crippen LogP contribution is 2.47. The van der Waals surface area contributed by atoms with E-state index in [9.17, 15) is 0 Å². The Labute approximate surface area is 292 Å². The van der Waals surface area contributed by atoms with Crippen molar-refractivity contribution < 1.29 is 4.42 Å². The molecule has 0 amide bonds. The SMILES string of the molecule is c1ccc2c(c1)ccc1ccc3c(-c4cc(-c5ccc6ccc7cccc8ccc5c6c78)c5oc6ccc7ccccc7c6c5c4)cccc3c12. The third-order valence-electron chi connectivity index (χ3n) is 11.4. The zero-order valence-electron chi connectivity index (χ0n) is 27.6. The molecule has 0 aliphatic heterocycles. The summed E-state index contributed by atoms with van der Waals surface area (Å²) in [6.07, 6.45) is 0. The molecule has 12 rings (SSSR count). The summed E-state index contributed by atoms with van der Waals surface area (Å²) in [5.41, 5.74) is 6.55. The largest absolute Gasteiger partial charge is 0.455 e. The van der Waals surface area contributed by atoms with E-state index < -0.39 is 0 Å². The fourth-order valence-electron chi connectivity index (χ4n) is 9.09. The average Bonchev–Trinajstić information content (AvgIpc) is 3.58. The van der Waals surface area contributed by atoms with Crippen LogP contribution in [0.15, 0.2) is 174 Å². The van der Waals surface area contributed by atoms with Crippen LogP contribution in [0.2, 0.25) is 0 Å². The molecule has 0 unspecified atom stereocenters. The Kier molecular flexibility index (Phi) is 5.29. The quantitative estimate of drug-likeness (QED) is 0.171. The second-order valence-corrected chi connectivity index (χ2v) is 14.0. The Morgan fingerprint density at radius 3 is 1.65 bits per heavy atom. The molecule has 1 heterocycles. The fourth-order valence-corrected chi connectivity index (χ4v) is 9.09. The molecule has 0 saturated heterocycles. The van der Waals surface area contributed by atoms with Gasteiger partial charge in [-0.1, -0.05) is 152 Å². The maximum absolute atomic E-state index is 6.92. The molecule has 11 aromatic carbocycles. The lowest BCUT2D eigenvalue weighted by Gasteiger charge is -2.16. The van der Waals surface area contributed by atoms with Crippen molar-refractivity contribution in [2.45, 2.75) is 0 Å². The van der Waals surface area contributed by atoms with Crippen LogP contribution in [0.1, 0.15) is 0 Å². The van der Waals surface area contributed by atoms with Gasteiger partial charge < -0.3 is 4.42 Å². The summed E-state index contributed by atoms with van der Waals surface area (Å²) in [6.45, 7) is 0. The van der Waals surface area contributed by atoms with E-state index in [0.29, 0.717) is 0 Å². The molecule has 0 radical (unpaired) electrons. The topological polar surface area (TPSA) is 13.1 Å². The van der Waals surface area contributed by atoms with Crippen LogP contribution in [0.3, 0.4) is 0 Å². The summed E-state index contributed by atoms with van der Waals surface area (Å²) in [7, 11) is 0. The molecule has 0 aliphatic carbocycles. The molecule has 1 nitrogen and oxygen atoms in total. The highest BCUT2D eigenvalue weighted by atomic mass is 16.3. The average molecular weight is 645 g/mol. The smallest absolute Gasteiger partial charge is 0.143 e. The summed E-state index contributed by atoms with van der Waals surface area (Å²) in [4.78, 5) is 0. The lowest BCUT2D eigenvalue weighted by molar-refractivity contribution is 0.670. The highest BCUT2D eigenvalue weighted by Gasteiger charge is 2.21. The lowest BCUT2D eigenvalue weighted by Crippen LogP contribution is -1.89. The van der Waals surface area contributed by atoms with Gasteiger partial charge in [0.25, 0.3) is 0 Å². The van der Waals surface area contributed by atoms with Gasteiger partial charge in [0, 0.05) is 16.3 Å². The van der Waals surface area contributed by atoms with Gasteiger partial charge in [0.1, 0.15) is 11.2 Å². The molecular formula is C50H28O. The molecule has 12 aromatic rings. The van der Waals surface area contributed by atoms with E-state index >= 15 is 0 Å². The Balaban J connectivity index is 1.23. The number of hydrogen-bond donors (Lipinski definition) is 0. The minimum absolute atomic E-state index is 0.912. The first-order chi connectivity index (χ1) is 25.3. The van der Waals surface area contributed by atoms with Gasteiger partial charge in [-0.05, 0) is 110 Å². The van der Waals surface area contributed by atoms with E-state index in [2.05, 4.69) is 170 Å². The third kappa shape index (κ3) is 3.70. The first-order valence-corrected chi connectivity index (χ1v) is 17.7. The van der Waals surface area contributed by atoms with Crippen LogP contribution < -0.4 is 0 Å². The Morgan fingerprint density at radius 1 is 0.275 bits per heavy atom. The maximum atomic E-state index is 6.92. The Hall–Kier alpha value is -6.70. The molecule has 0 N–H and O–H groups in total. The van der Waals surface area contributed by atoms with Crippen LogP contribution in [0.25, 0.3) is 120 Å². The summed E-state index contributed by atoms with van der Waals surface area (Å²) in [5, 5.41) is 20.1. The van der Waals surface area contributed by atoms with Crippen LogP contribution in [-0.2, 0) is 0 Å². The van der Waals surface area contributed by atoms with Gasteiger partial charge in [0.2, 0.25) is 0 Å². The van der Waals surface area contributed by atoms with E-state index in [1.807, 2.05) is 0 Å². The van der Waals surface area contributed by atoms with Gasteiger partial charge in [-0.3, -0.25) is 0 Å². The molecule has 0 bridgehead atoms. The van der Waals surface area contributed by atoms with Gasteiger partial charge in [0.05, 0.1) is 0 Å². The predicted molar refractivity (Wildman–Crippen MR) is 218 cm³/mol. The standard InChI is InChI=1S/C50H28O/c1-3-11-37-29(7-1)15-16-33-19-23-39-36(13-6-14-41(39)47(33)37)35-27-43(50-44(28-35)49-38-12-4-2-8-30(38)22-26-45(49)51-50)40-24-20-34-18-17-31-9-5-10-32-21-25-42(40)48(34)46(31)32/h1-28H. The van der Waals surface area contributed by atoms with Crippen molar-refractivity contribution >= 4 is 97.3 Å². The van der Waals surface area contributed by atoms with Gasteiger partial charge in [-0.15, -0.1) is 0 Å². The van der Waals surface area contributed by atoms with Crippen LogP contribution >= 0.6 is 0 Å². The molecule has 0 saturated carbocycles. The van der Waals surface area contributed by atoms with Crippen molar-refractivity contribution in [3.63, 3.8) is 0 Å². The number of fused-ring (bicyclic) bond motifs is 10. The van der Waals surface area contributed by atoms with Crippen molar-refractivity contribution in [2.24, 2.45) is 0 Å². The van der Waals surface area contributed by atoms with Crippen molar-refractivity contribution in [1.82, 2.24) is 0 Å². The van der Waals surface area contributed by atoms with E-state index in [0.717, 1.165) is 22.1 Å². The molecule has 1 heteroatoms. The zero-order chi connectivity index (χ0) is 33.2. The Bertz CT molecular complexity index is 3400. The van der Waals surface area contributed by atoms with Crippen molar-refractivity contribution in [1.29, 1.82) is 0 Å². The third-order valence-corrected chi connectivity index (χ3v) is 11.4. The second kappa shape index (κ2) is 9.94. The molecule has 51 heavy (non-hydrogen) atoms. The normalized spacial score (nSPS) is 12.3. The number of rotatable bonds is 2. The minimum atomic E-state index is 0.912. The van der Waals surface area contributed by atoms with Gasteiger partial charge >= 0.3 is 0 Å². The number of furan rings is 1. The van der Waals surface area contributed by atoms with E-state index in [1.54, 1.807) is 0 Å². The van der Waals surface area contributed by atoms with Crippen molar-refractivity contribution in [3.8, 4) is 22.3 Å². The van der Waals surface area contributed by atoms with E-state index in [1.165, 1.54) is 97.5 Å². The molecule has 0 fully saturated rings. The van der Waals surface area contributed by atoms with Crippen LogP contribution in [0, 0.1) is 0 Å². The first-order valence-electron chi connectivity index (χ1n) is 17.7. The molecule has 1 aromatic heterocycles. The second-order valence-electron chi connectivity index (χ2n) is 14.0. The van der Waals surface area contributed by atoms with Crippen LogP contribution in [0.5, 0.6) is 0 Å². The maximum Gasteiger partial charge on any atom is 0.143 e. The first kappa shape index (κ1) is 27.2. The molecule has 234 valence electrons. The van der Waals surface area contributed by atoms with Gasteiger partial charge in [0.15, 0.2) is 0 Å². The molecule has 0 spiro atoms. The Morgan fingerprint density at radius 2 is 0.843 bits per heavy atom. The molecule has 0 atom stereocenters. The zero-order valence-corrected chi connectivity index (χ0v) is 27.6. The summed E-state index contributed by atoms with van der Waals surface area (Å²) in [5.74, 6) is 0. The van der Waals surface area contributed by atoms with Crippen LogP contribution in [-0.4, -0.2) is 0 Å². The van der Waals surface area contributed by atoms with Gasteiger partial charge in [-0.25, -0.2) is 0 Å². The monoisotopic (exact) mass is 644 g/mol. The van der Waals surface area contributed by atoms with E-state index in [-0.39, 0.29) is 0 Å². The number of hydrogen-bond acceptors (Lipinski definition) is 1. The highest BCUT2D eigenvalue weighted by molar-refractivity contribution is 6.28.